The normalized spacial score (nSPS) is 14.7. The molecule has 0 saturated carbocycles. The third kappa shape index (κ3) is 3.15. The molecule has 3 aromatic rings. The number of morpholine rings is 1. The quantitative estimate of drug-likeness (QED) is 0.765. The number of nitrogens with zero attached hydrogens (tertiary/aromatic N) is 3. The molecule has 0 spiro atoms. The van der Waals surface area contributed by atoms with E-state index in [1.807, 2.05) is 18.2 Å². The van der Waals surface area contributed by atoms with Gasteiger partial charge in [-0.3, -0.25) is 4.40 Å². The molecule has 1 N–H and O–H groups in total. The molecule has 0 bridgehead atoms. The van der Waals surface area contributed by atoms with Gasteiger partial charge in [0.2, 0.25) is 0 Å². The number of rotatable bonds is 5. The molecule has 1 aliphatic rings. The number of hydrogen-bond donors (Lipinski definition) is 1. The van der Waals surface area contributed by atoms with Crippen LogP contribution in [0.1, 0.15) is 21.6 Å². The Hall–Kier alpha value is -2.86. The molecular weight excluding hydrogens is 330 g/mol. The van der Waals surface area contributed by atoms with Crippen LogP contribution in [0, 0.1) is 0 Å². The van der Waals surface area contributed by atoms with Gasteiger partial charge in [-0.1, -0.05) is 24.3 Å². The molecule has 6 heteroatoms. The maximum Gasteiger partial charge on any atom is 0.353 e. The van der Waals surface area contributed by atoms with Crippen molar-refractivity contribution < 1.29 is 14.6 Å². The van der Waals surface area contributed by atoms with Crippen LogP contribution in [0.3, 0.4) is 0 Å². The largest absolute Gasteiger partial charge is 0.477 e. The summed E-state index contributed by atoms with van der Waals surface area (Å²) >= 11 is 0. The van der Waals surface area contributed by atoms with Gasteiger partial charge in [-0.15, -0.1) is 0 Å². The summed E-state index contributed by atoms with van der Waals surface area (Å²) in [5, 5.41) is 9.67. The van der Waals surface area contributed by atoms with Crippen molar-refractivity contribution in [2.45, 2.75) is 12.8 Å². The number of carboxylic acid groups (broad SMARTS) is 1. The maximum atomic E-state index is 11.8. The third-order valence-corrected chi connectivity index (χ3v) is 4.86. The fourth-order valence-corrected chi connectivity index (χ4v) is 3.58. The number of aromatic carboxylic acids is 1. The van der Waals surface area contributed by atoms with Crippen molar-refractivity contribution in [3.8, 4) is 0 Å². The van der Waals surface area contributed by atoms with E-state index in [4.69, 9.17) is 4.74 Å². The van der Waals surface area contributed by atoms with E-state index in [1.54, 1.807) is 16.8 Å². The minimum absolute atomic E-state index is 0.295. The molecule has 1 aliphatic heterocycles. The standard InChI is InChI=1S/C20H21N3O3/c24-20(25)19-16(7-8-18-21-9-10-23(18)19)6-5-15-3-1-2-4-17(15)22-11-13-26-14-12-22/h1-4,7-10H,5-6,11-14H2,(H,24,25). The van der Waals surface area contributed by atoms with Crippen molar-refractivity contribution in [1.29, 1.82) is 0 Å². The molecule has 0 unspecified atom stereocenters. The van der Waals surface area contributed by atoms with Gasteiger partial charge in [0.05, 0.1) is 13.2 Å². The average Bonchev–Trinajstić information content (AvgIpc) is 3.15. The first-order chi connectivity index (χ1) is 12.7. The fourth-order valence-electron chi connectivity index (χ4n) is 3.58. The summed E-state index contributed by atoms with van der Waals surface area (Å²) in [5.74, 6) is -0.926. The lowest BCUT2D eigenvalue weighted by atomic mass is 10.0. The monoisotopic (exact) mass is 351 g/mol. The zero-order valence-electron chi connectivity index (χ0n) is 14.5. The minimum Gasteiger partial charge on any atom is -0.477 e. The number of carbonyl (C=O) groups is 1. The van der Waals surface area contributed by atoms with Crippen molar-refractivity contribution in [1.82, 2.24) is 9.38 Å². The van der Waals surface area contributed by atoms with Crippen LogP contribution in [0.4, 0.5) is 5.69 Å². The van der Waals surface area contributed by atoms with E-state index in [2.05, 4.69) is 28.1 Å². The number of ether oxygens (including phenoxy) is 1. The summed E-state index contributed by atoms with van der Waals surface area (Å²) in [6, 6.07) is 12.1. The predicted octanol–water partition coefficient (Wildman–Crippen LogP) is 2.65. The smallest absolute Gasteiger partial charge is 0.353 e. The number of hydrogen-bond acceptors (Lipinski definition) is 4. The summed E-state index contributed by atoms with van der Waals surface area (Å²) < 4.78 is 7.09. The van der Waals surface area contributed by atoms with Crippen LogP contribution < -0.4 is 4.90 Å². The molecule has 26 heavy (non-hydrogen) atoms. The van der Waals surface area contributed by atoms with Gasteiger partial charge in [0.1, 0.15) is 11.3 Å². The van der Waals surface area contributed by atoms with Crippen LogP contribution in [0.5, 0.6) is 0 Å². The van der Waals surface area contributed by atoms with E-state index in [0.717, 1.165) is 38.3 Å². The zero-order chi connectivity index (χ0) is 17.9. The van der Waals surface area contributed by atoms with Crippen LogP contribution in [0.15, 0.2) is 48.8 Å². The van der Waals surface area contributed by atoms with E-state index in [9.17, 15) is 9.90 Å². The molecule has 1 fully saturated rings. The highest BCUT2D eigenvalue weighted by Gasteiger charge is 2.17. The summed E-state index contributed by atoms with van der Waals surface area (Å²) in [5.41, 5.74) is 4.22. The van der Waals surface area contributed by atoms with Crippen molar-refractivity contribution in [3.63, 3.8) is 0 Å². The summed E-state index contributed by atoms with van der Waals surface area (Å²) in [7, 11) is 0. The average molecular weight is 351 g/mol. The Kier molecular flexibility index (Phi) is 4.58. The number of carboxylic acids is 1. The molecule has 1 aromatic carbocycles. The first-order valence-corrected chi connectivity index (χ1v) is 8.83. The van der Waals surface area contributed by atoms with Gasteiger partial charge in [-0.2, -0.15) is 0 Å². The number of aryl methyl sites for hydroxylation is 2. The summed E-state index contributed by atoms with van der Waals surface area (Å²) in [6.45, 7) is 3.26. The van der Waals surface area contributed by atoms with E-state index in [-0.39, 0.29) is 0 Å². The highest BCUT2D eigenvalue weighted by molar-refractivity contribution is 5.88. The van der Waals surface area contributed by atoms with Crippen LogP contribution in [-0.2, 0) is 17.6 Å². The number of aromatic nitrogens is 2. The van der Waals surface area contributed by atoms with Crippen LogP contribution in [0.25, 0.3) is 5.65 Å². The minimum atomic E-state index is -0.926. The molecule has 0 atom stereocenters. The van der Waals surface area contributed by atoms with Gasteiger partial charge in [-0.25, -0.2) is 9.78 Å². The van der Waals surface area contributed by atoms with E-state index < -0.39 is 5.97 Å². The lowest BCUT2D eigenvalue weighted by Gasteiger charge is -2.30. The van der Waals surface area contributed by atoms with Gasteiger partial charge < -0.3 is 14.7 Å². The second-order valence-electron chi connectivity index (χ2n) is 6.40. The highest BCUT2D eigenvalue weighted by atomic mass is 16.5. The Morgan fingerprint density at radius 3 is 2.65 bits per heavy atom. The van der Waals surface area contributed by atoms with Gasteiger partial charge >= 0.3 is 5.97 Å². The van der Waals surface area contributed by atoms with Gasteiger partial charge in [-0.05, 0) is 36.1 Å². The predicted molar refractivity (Wildman–Crippen MR) is 99.0 cm³/mol. The van der Waals surface area contributed by atoms with Crippen molar-refractivity contribution >= 4 is 17.3 Å². The molecule has 1 saturated heterocycles. The number of anilines is 1. The Bertz CT molecular complexity index is 929. The Morgan fingerprint density at radius 2 is 1.85 bits per heavy atom. The molecule has 6 nitrogen and oxygen atoms in total. The maximum absolute atomic E-state index is 11.8. The molecule has 2 aromatic heterocycles. The Morgan fingerprint density at radius 1 is 1.08 bits per heavy atom. The molecule has 0 aliphatic carbocycles. The number of para-hydroxylation sites is 1. The van der Waals surface area contributed by atoms with Crippen molar-refractivity contribution in [3.05, 3.63) is 65.6 Å². The van der Waals surface area contributed by atoms with Gasteiger partial charge in [0.15, 0.2) is 0 Å². The summed E-state index contributed by atoms with van der Waals surface area (Å²) in [6.07, 6.45) is 4.77. The number of pyridine rings is 1. The number of benzene rings is 1. The molecule has 3 heterocycles. The van der Waals surface area contributed by atoms with E-state index >= 15 is 0 Å². The second-order valence-corrected chi connectivity index (χ2v) is 6.40. The third-order valence-electron chi connectivity index (χ3n) is 4.86. The first kappa shape index (κ1) is 16.6. The molecule has 0 radical (unpaired) electrons. The zero-order valence-corrected chi connectivity index (χ0v) is 14.5. The van der Waals surface area contributed by atoms with Crippen LogP contribution in [0.2, 0.25) is 0 Å². The molecule has 0 amide bonds. The fraction of sp³-hybridized carbons (Fsp3) is 0.300. The number of imidazole rings is 1. The van der Waals surface area contributed by atoms with E-state index in [1.165, 1.54) is 11.3 Å². The lowest BCUT2D eigenvalue weighted by Crippen LogP contribution is -2.36. The van der Waals surface area contributed by atoms with Crippen molar-refractivity contribution in [2.24, 2.45) is 0 Å². The topological polar surface area (TPSA) is 67.1 Å². The highest BCUT2D eigenvalue weighted by Crippen LogP contribution is 2.24. The lowest BCUT2D eigenvalue weighted by molar-refractivity contribution is 0.0687. The SMILES string of the molecule is O=C(O)c1c(CCc2ccccc2N2CCOCC2)ccc2nccn12. The van der Waals surface area contributed by atoms with E-state index in [0.29, 0.717) is 17.8 Å². The van der Waals surface area contributed by atoms with Gasteiger partial charge in [0.25, 0.3) is 0 Å². The Labute approximate surface area is 151 Å². The molecular formula is C20H21N3O3. The first-order valence-electron chi connectivity index (χ1n) is 8.83. The second kappa shape index (κ2) is 7.17. The summed E-state index contributed by atoms with van der Waals surface area (Å²) in [4.78, 5) is 18.3. The van der Waals surface area contributed by atoms with Crippen LogP contribution in [-0.4, -0.2) is 46.8 Å². The molecule has 4 rings (SSSR count). The Balaban J connectivity index is 1.61. The van der Waals surface area contributed by atoms with Crippen LogP contribution >= 0.6 is 0 Å². The van der Waals surface area contributed by atoms with Gasteiger partial charge in [0, 0.05) is 31.2 Å². The van der Waals surface area contributed by atoms with Crippen molar-refractivity contribution in [2.75, 3.05) is 31.2 Å². The molecule has 134 valence electrons. The number of fused-ring (bicyclic) bond motifs is 1.